The normalized spacial score (nSPS) is 11.2. The van der Waals surface area contributed by atoms with Crippen LogP contribution in [0.3, 0.4) is 0 Å². The second kappa shape index (κ2) is 6.74. The Morgan fingerprint density at radius 1 is 0.929 bits per heavy atom. The first-order valence-corrected chi connectivity index (χ1v) is 9.07. The summed E-state index contributed by atoms with van der Waals surface area (Å²) >= 11 is 0. The number of fused-ring (bicyclic) bond motifs is 2. The van der Waals surface area contributed by atoms with Crippen LogP contribution in [0, 0.1) is 0 Å². The molecule has 0 unspecified atom stereocenters. The molecule has 136 valence electrons. The maximum atomic E-state index is 4.59. The molecule has 5 aromatic rings. The van der Waals surface area contributed by atoms with E-state index in [4.69, 9.17) is 0 Å². The molecule has 0 aliphatic rings. The molecule has 0 aliphatic heterocycles. The van der Waals surface area contributed by atoms with Crippen molar-refractivity contribution in [2.45, 2.75) is 6.54 Å². The van der Waals surface area contributed by atoms with Crippen LogP contribution in [0.15, 0.2) is 73.4 Å². The molecule has 0 aliphatic carbocycles. The largest absolute Gasteiger partial charge is 0.381 e. The molecule has 6 nitrogen and oxygen atoms in total. The lowest BCUT2D eigenvalue weighted by molar-refractivity contribution is 0.969. The minimum absolute atomic E-state index is 0.664. The number of rotatable bonds is 4. The van der Waals surface area contributed by atoms with E-state index in [1.807, 2.05) is 12.1 Å². The van der Waals surface area contributed by atoms with Gasteiger partial charge in [-0.1, -0.05) is 12.1 Å². The molecule has 3 aromatic heterocycles. The van der Waals surface area contributed by atoms with E-state index in [-0.39, 0.29) is 0 Å². The maximum absolute atomic E-state index is 4.59. The summed E-state index contributed by atoms with van der Waals surface area (Å²) < 4.78 is 2.13. The summed E-state index contributed by atoms with van der Waals surface area (Å²) in [5.74, 6) is 0. The molecule has 1 N–H and O–H groups in total. The van der Waals surface area contributed by atoms with Gasteiger partial charge in [0, 0.05) is 55.1 Å². The lowest BCUT2D eigenvalue weighted by Crippen LogP contribution is -2.01. The molecule has 2 aromatic carbocycles. The molecule has 0 atom stereocenters. The maximum Gasteiger partial charge on any atom is 0.0966 e. The highest BCUT2D eigenvalue weighted by molar-refractivity contribution is 5.97. The molecule has 0 spiro atoms. The number of aryl methyl sites for hydroxylation is 1. The zero-order valence-electron chi connectivity index (χ0n) is 15.4. The topological polar surface area (TPSA) is 68.5 Å². The SMILES string of the molecule is Cn1ccc2ccc(-c3cc(NCc4ccnnc4)cc4nccnc34)cc21. The predicted molar refractivity (Wildman–Crippen MR) is 111 cm³/mol. The fourth-order valence-electron chi connectivity index (χ4n) is 3.45. The lowest BCUT2D eigenvalue weighted by Gasteiger charge is -2.12. The summed E-state index contributed by atoms with van der Waals surface area (Å²) in [6, 6.07) is 14.7. The van der Waals surface area contributed by atoms with Gasteiger partial charge in [0.2, 0.25) is 0 Å². The predicted octanol–water partition coefficient (Wildman–Crippen LogP) is 4.19. The van der Waals surface area contributed by atoms with Crippen molar-refractivity contribution in [3.8, 4) is 11.1 Å². The van der Waals surface area contributed by atoms with E-state index in [0.29, 0.717) is 6.54 Å². The van der Waals surface area contributed by atoms with Crippen LogP contribution in [-0.2, 0) is 13.6 Å². The zero-order chi connectivity index (χ0) is 18.9. The van der Waals surface area contributed by atoms with Crippen LogP contribution in [-0.4, -0.2) is 24.7 Å². The minimum atomic E-state index is 0.664. The first-order valence-electron chi connectivity index (χ1n) is 9.07. The second-order valence-corrected chi connectivity index (χ2v) is 6.75. The first-order chi connectivity index (χ1) is 13.8. The Balaban J connectivity index is 1.60. The van der Waals surface area contributed by atoms with Gasteiger partial charge in [0.25, 0.3) is 0 Å². The second-order valence-electron chi connectivity index (χ2n) is 6.75. The summed E-state index contributed by atoms with van der Waals surface area (Å²) in [5, 5.41) is 12.4. The van der Waals surface area contributed by atoms with Crippen molar-refractivity contribution in [1.82, 2.24) is 24.7 Å². The van der Waals surface area contributed by atoms with Crippen molar-refractivity contribution < 1.29 is 0 Å². The van der Waals surface area contributed by atoms with E-state index in [1.54, 1.807) is 24.8 Å². The zero-order valence-corrected chi connectivity index (χ0v) is 15.4. The van der Waals surface area contributed by atoms with E-state index >= 15 is 0 Å². The summed E-state index contributed by atoms with van der Waals surface area (Å²) in [7, 11) is 2.06. The highest BCUT2D eigenvalue weighted by Crippen LogP contribution is 2.32. The molecule has 0 saturated heterocycles. The van der Waals surface area contributed by atoms with Gasteiger partial charge in [0.05, 0.1) is 17.2 Å². The number of hydrogen-bond acceptors (Lipinski definition) is 5. The minimum Gasteiger partial charge on any atom is -0.381 e. The number of nitrogens with one attached hydrogen (secondary N) is 1. The third-order valence-electron chi connectivity index (χ3n) is 4.91. The van der Waals surface area contributed by atoms with Gasteiger partial charge in [-0.05, 0) is 46.8 Å². The number of nitrogens with zero attached hydrogens (tertiary/aromatic N) is 5. The summed E-state index contributed by atoms with van der Waals surface area (Å²) in [4.78, 5) is 9.11. The van der Waals surface area contributed by atoms with Crippen LogP contribution in [0.4, 0.5) is 5.69 Å². The van der Waals surface area contributed by atoms with Gasteiger partial charge in [-0.15, -0.1) is 0 Å². The van der Waals surface area contributed by atoms with E-state index in [0.717, 1.165) is 33.4 Å². The number of hydrogen-bond donors (Lipinski definition) is 1. The standard InChI is InChI=1S/C22H18N6/c1-28-9-5-16-2-3-17(10-21(16)28)19-11-18(12-20-22(19)24-8-7-23-20)25-13-15-4-6-26-27-14-15/h2-12,14,25H,13H2,1H3. The average molecular weight is 366 g/mol. The fraction of sp³-hybridized carbons (Fsp3) is 0.0909. The Hall–Kier alpha value is -3.80. The van der Waals surface area contributed by atoms with Crippen molar-refractivity contribution in [3.63, 3.8) is 0 Å². The molecule has 28 heavy (non-hydrogen) atoms. The molecule has 0 amide bonds. The van der Waals surface area contributed by atoms with Crippen LogP contribution in [0.5, 0.6) is 0 Å². The van der Waals surface area contributed by atoms with Gasteiger partial charge in [-0.25, -0.2) is 0 Å². The average Bonchev–Trinajstić information content (AvgIpc) is 3.12. The number of aromatic nitrogens is 5. The Labute approximate surface area is 161 Å². The van der Waals surface area contributed by atoms with Crippen molar-refractivity contribution in [3.05, 3.63) is 79.0 Å². The number of benzene rings is 2. The molecule has 0 fully saturated rings. The number of anilines is 1. The molecule has 5 rings (SSSR count). The van der Waals surface area contributed by atoms with Gasteiger partial charge in [-0.3, -0.25) is 9.97 Å². The van der Waals surface area contributed by atoms with Gasteiger partial charge in [0.1, 0.15) is 0 Å². The van der Waals surface area contributed by atoms with Crippen LogP contribution in [0.1, 0.15) is 5.56 Å². The highest BCUT2D eigenvalue weighted by Gasteiger charge is 2.10. The van der Waals surface area contributed by atoms with Crippen molar-refractivity contribution in [2.75, 3.05) is 5.32 Å². The van der Waals surface area contributed by atoms with E-state index in [9.17, 15) is 0 Å². The van der Waals surface area contributed by atoms with Gasteiger partial charge >= 0.3 is 0 Å². The Kier molecular flexibility index (Phi) is 3.94. The van der Waals surface area contributed by atoms with E-state index in [1.165, 1.54) is 10.9 Å². The van der Waals surface area contributed by atoms with Crippen molar-refractivity contribution in [2.24, 2.45) is 7.05 Å². The van der Waals surface area contributed by atoms with Gasteiger partial charge in [-0.2, -0.15) is 10.2 Å². The van der Waals surface area contributed by atoms with Crippen molar-refractivity contribution >= 4 is 27.6 Å². The Morgan fingerprint density at radius 2 is 1.86 bits per heavy atom. The Bertz CT molecular complexity index is 1280. The molecular weight excluding hydrogens is 348 g/mol. The molecule has 0 radical (unpaired) electrons. The fourth-order valence-corrected chi connectivity index (χ4v) is 3.45. The van der Waals surface area contributed by atoms with Gasteiger partial charge in [0.15, 0.2) is 0 Å². The third kappa shape index (κ3) is 2.95. The quantitative estimate of drug-likeness (QED) is 0.516. The summed E-state index contributed by atoms with van der Waals surface area (Å²) in [6.45, 7) is 0.664. The summed E-state index contributed by atoms with van der Waals surface area (Å²) in [5.41, 5.74) is 7.19. The molecule has 0 saturated carbocycles. The molecule has 3 heterocycles. The van der Waals surface area contributed by atoms with Crippen molar-refractivity contribution in [1.29, 1.82) is 0 Å². The molecular formula is C22H18N6. The van der Waals surface area contributed by atoms with Crippen LogP contribution < -0.4 is 5.32 Å². The van der Waals surface area contributed by atoms with Crippen LogP contribution in [0.25, 0.3) is 33.1 Å². The molecule has 6 heteroatoms. The highest BCUT2D eigenvalue weighted by atomic mass is 15.1. The lowest BCUT2D eigenvalue weighted by atomic mass is 10.0. The third-order valence-corrected chi connectivity index (χ3v) is 4.91. The van der Waals surface area contributed by atoms with E-state index in [2.05, 4.69) is 73.6 Å². The molecule has 0 bridgehead atoms. The van der Waals surface area contributed by atoms with Gasteiger partial charge < -0.3 is 9.88 Å². The monoisotopic (exact) mass is 366 g/mol. The Morgan fingerprint density at radius 3 is 2.75 bits per heavy atom. The van der Waals surface area contributed by atoms with Crippen LogP contribution in [0.2, 0.25) is 0 Å². The van der Waals surface area contributed by atoms with E-state index < -0.39 is 0 Å². The van der Waals surface area contributed by atoms with Crippen LogP contribution >= 0.6 is 0 Å². The first kappa shape index (κ1) is 16.4. The summed E-state index contributed by atoms with van der Waals surface area (Å²) in [6.07, 6.45) is 9.00. The smallest absolute Gasteiger partial charge is 0.0966 e.